The van der Waals surface area contributed by atoms with Crippen LogP contribution in [0.3, 0.4) is 0 Å². The first-order chi connectivity index (χ1) is 9.70. The number of halogens is 1. The van der Waals surface area contributed by atoms with Gasteiger partial charge in [0.2, 0.25) is 0 Å². The Kier molecular flexibility index (Phi) is 4.95. The Labute approximate surface area is 121 Å². The van der Waals surface area contributed by atoms with E-state index in [9.17, 15) is 4.79 Å². The molecule has 106 valence electrons. The quantitative estimate of drug-likeness (QED) is 0.762. The molecular formula is C13H16ClN5O. The van der Waals surface area contributed by atoms with E-state index in [1.165, 1.54) is 6.20 Å². The SMILES string of the molecule is CCCNc1cc(C(=O)NCc2cn[nH]c2)c(Cl)cn1. The summed E-state index contributed by atoms with van der Waals surface area (Å²) in [4.78, 5) is 16.2. The van der Waals surface area contributed by atoms with Gasteiger partial charge in [0, 0.05) is 31.0 Å². The maximum absolute atomic E-state index is 12.1. The van der Waals surface area contributed by atoms with Crippen molar-refractivity contribution in [3.8, 4) is 0 Å². The number of hydrogen-bond acceptors (Lipinski definition) is 4. The summed E-state index contributed by atoms with van der Waals surface area (Å²) in [6, 6.07) is 1.66. The Morgan fingerprint density at radius 1 is 1.45 bits per heavy atom. The Balaban J connectivity index is 2.04. The van der Waals surface area contributed by atoms with Crippen molar-refractivity contribution in [3.63, 3.8) is 0 Å². The molecule has 0 fully saturated rings. The predicted molar refractivity (Wildman–Crippen MR) is 77.8 cm³/mol. The van der Waals surface area contributed by atoms with Crippen molar-refractivity contribution >= 4 is 23.3 Å². The fourth-order valence-electron chi connectivity index (χ4n) is 1.61. The van der Waals surface area contributed by atoms with E-state index in [4.69, 9.17) is 11.6 Å². The first-order valence-corrected chi connectivity index (χ1v) is 6.73. The predicted octanol–water partition coefficient (Wildman–Crippen LogP) is 2.21. The molecule has 2 rings (SSSR count). The van der Waals surface area contributed by atoms with Gasteiger partial charge < -0.3 is 10.6 Å². The molecule has 0 aliphatic heterocycles. The second-order valence-electron chi connectivity index (χ2n) is 4.27. The second kappa shape index (κ2) is 6.91. The highest BCUT2D eigenvalue weighted by molar-refractivity contribution is 6.33. The van der Waals surface area contributed by atoms with Gasteiger partial charge in [-0.25, -0.2) is 4.98 Å². The summed E-state index contributed by atoms with van der Waals surface area (Å²) in [6.45, 7) is 3.25. The minimum atomic E-state index is -0.238. The fourth-order valence-corrected chi connectivity index (χ4v) is 1.80. The Hall–Kier alpha value is -2.08. The summed E-state index contributed by atoms with van der Waals surface area (Å²) in [5.74, 6) is 0.405. The van der Waals surface area contributed by atoms with Gasteiger partial charge in [-0.2, -0.15) is 5.10 Å². The van der Waals surface area contributed by atoms with Crippen molar-refractivity contribution in [3.05, 3.63) is 40.8 Å². The molecule has 2 aromatic heterocycles. The van der Waals surface area contributed by atoms with E-state index in [0.29, 0.717) is 22.9 Å². The van der Waals surface area contributed by atoms with Crippen LogP contribution in [0.1, 0.15) is 29.3 Å². The van der Waals surface area contributed by atoms with E-state index in [-0.39, 0.29) is 5.91 Å². The van der Waals surface area contributed by atoms with Crippen LogP contribution in [0.15, 0.2) is 24.7 Å². The monoisotopic (exact) mass is 293 g/mol. The fraction of sp³-hybridized carbons (Fsp3) is 0.308. The zero-order chi connectivity index (χ0) is 14.4. The average Bonchev–Trinajstić information content (AvgIpc) is 2.97. The average molecular weight is 294 g/mol. The molecule has 0 saturated carbocycles. The lowest BCUT2D eigenvalue weighted by Gasteiger charge is -2.08. The van der Waals surface area contributed by atoms with Gasteiger partial charge in [0.1, 0.15) is 5.82 Å². The van der Waals surface area contributed by atoms with E-state index in [0.717, 1.165) is 18.5 Å². The van der Waals surface area contributed by atoms with E-state index in [1.807, 2.05) is 0 Å². The largest absolute Gasteiger partial charge is 0.370 e. The summed E-state index contributed by atoms with van der Waals surface area (Å²) in [6.07, 6.45) is 5.84. The number of aromatic amines is 1. The van der Waals surface area contributed by atoms with Crippen LogP contribution >= 0.6 is 11.6 Å². The molecule has 3 N–H and O–H groups in total. The highest BCUT2D eigenvalue weighted by Gasteiger charge is 2.12. The van der Waals surface area contributed by atoms with Gasteiger partial charge in [0.05, 0.1) is 16.8 Å². The number of hydrogen-bond donors (Lipinski definition) is 3. The van der Waals surface area contributed by atoms with Gasteiger partial charge in [0.25, 0.3) is 5.91 Å². The first-order valence-electron chi connectivity index (χ1n) is 6.36. The van der Waals surface area contributed by atoms with E-state index in [1.54, 1.807) is 18.5 Å². The van der Waals surface area contributed by atoms with Crippen LogP contribution in [0, 0.1) is 0 Å². The summed E-state index contributed by atoms with van der Waals surface area (Å²) in [5.41, 5.74) is 1.30. The van der Waals surface area contributed by atoms with Crippen LogP contribution < -0.4 is 10.6 Å². The Morgan fingerprint density at radius 3 is 3.00 bits per heavy atom. The first kappa shape index (κ1) is 14.3. The molecule has 0 radical (unpaired) electrons. The second-order valence-corrected chi connectivity index (χ2v) is 4.67. The Morgan fingerprint density at radius 2 is 2.30 bits per heavy atom. The minimum Gasteiger partial charge on any atom is -0.370 e. The number of anilines is 1. The Bertz CT molecular complexity index is 570. The molecule has 0 bridgehead atoms. The summed E-state index contributed by atoms with van der Waals surface area (Å²) in [7, 11) is 0. The van der Waals surface area contributed by atoms with Gasteiger partial charge in [-0.1, -0.05) is 18.5 Å². The number of nitrogens with zero attached hydrogens (tertiary/aromatic N) is 2. The van der Waals surface area contributed by atoms with Crippen LogP contribution in [0.5, 0.6) is 0 Å². The minimum absolute atomic E-state index is 0.238. The van der Waals surface area contributed by atoms with Crippen LogP contribution in [0.2, 0.25) is 5.02 Å². The van der Waals surface area contributed by atoms with Crippen molar-refractivity contribution < 1.29 is 4.79 Å². The molecule has 2 heterocycles. The molecule has 0 aromatic carbocycles. The highest BCUT2D eigenvalue weighted by Crippen LogP contribution is 2.18. The summed E-state index contributed by atoms with van der Waals surface area (Å²) >= 11 is 6.02. The standard InChI is InChI=1S/C13H16ClN5O/c1-2-3-15-12-4-10(11(14)8-16-12)13(20)17-5-9-6-18-19-7-9/h4,6-8H,2-3,5H2,1H3,(H,15,16)(H,17,20)(H,18,19). The van der Waals surface area contributed by atoms with Crippen molar-refractivity contribution in [2.75, 3.05) is 11.9 Å². The third kappa shape index (κ3) is 3.71. The maximum Gasteiger partial charge on any atom is 0.253 e. The molecular weight excluding hydrogens is 278 g/mol. The topological polar surface area (TPSA) is 82.7 Å². The van der Waals surface area contributed by atoms with E-state index in [2.05, 4.69) is 32.7 Å². The molecule has 0 aliphatic rings. The number of H-pyrrole nitrogens is 1. The number of pyridine rings is 1. The molecule has 0 spiro atoms. The third-order valence-corrected chi connectivity index (χ3v) is 2.97. The zero-order valence-corrected chi connectivity index (χ0v) is 11.9. The van der Waals surface area contributed by atoms with Crippen molar-refractivity contribution in [2.45, 2.75) is 19.9 Å². The number of amides is 1. The molecule has 0 atom stereocenters. The van der Waals surface area contributed by atoms with E-state index < -0.39 is 0 Å². The highest BCUT2D eigenvalue weighted by atomic mass is 35.5. The lowest BCUT2D eigenvalue weighted by Crippen LogP contribution is -2.23. The van der Waals surface area contributed by atoms with Gasteiger partial charge in [-0.15, -0.1) is 0 Å². The number of aromatic nitrogens is 3. The van der Waals surface area contributed by atoms with Crippen LogP contribution in [-0.2, 0) is 6.54 Å². The zero-order valence-electron chi connectivity index (χ0n) is 11.1. The number of carbonyl (C=O) groups is 1. The van der Waals surface area contributed by atoms with Crippen molar-refractivity contribution in [1.82, 2.24) is 20.5 Å². The lowest BCUT2D eigenvalue weighted by atomic mass is 10.2. The van der Waals surface area contributed by atoms with Gasteiger partial charge in [0.15, 0.2) is 0 Å². The molecule has 7 heteroatoms. The third-order valence-electron chi connectivity index (χ3n) is 2.66. The number of nitrogens with one attached hydrogen (secondary N) is 3. The molecule has 0 saturated heterocycles. The molecule has 1 amide bonds. The molecule has 2 aromatic rings. The van der Waals surface area contributed by atoms with Crippen molar-refractivity contribution in [1.29, 1.82) is 0 Å². The van der Waals surface area contributed by atoms with Gasteiger partial charge in [-0.3, -0.25) is 9.89 Å². The lowest BCUT2D eigenvalue weighted by molar-refractivity contribution is 0.0951. The molecule has 20 heavy (non-hydrogen) atoms. The summed E-state index contributed by atoms with van der Waals surface area (Å²) < 4.78 is 0. The van der Waals surface area contributed by atoms with Crippen molar-refractivity contribution in [2.24, 2.45) is 0 Å². The molecule has 6 nitrogen and oxygen atoms in total. The molecule has 0 unspecified atom stereocenters. The number of rotatable bonds is 6. The maximum atomic E-state index is 12.1. The van der Waals surface area contributed by atoms with Crippen LogP contribution in [-0.4, -0.2) is 27.6 Å². The van der Waals surface area contributed by atoms with Crippen LogP contribution in [0.4, 0.5) is 5.82 Å². The summed E-state index contributed by atoms with van der Waals surface area (Å²) in [5, 5.41) is 12.7. The van der Waals surface area contributed by atoms with Gasteiger partial charge >= 0.3 is 0 Å². The normalized spacial score (nSPS) is 10.3. The number of carbonyl (C=O) groups excluding carboxylic acids is 1. The molecule has 0 aliphatic carbocycles. The van der Waals surface area contributed by atoms with E-state index >= 15 is 0 Å². The smallest absolute Gasteiger partial charge is 0.253 e. The van der Waals surface area contributed by atoms with Crippen LogP contribution in [0.25, 0.3) is 0 Å². The van der Waals surface area contributed by atoms with Gasteiger partial charge in [-0.05, 0) is 12.5 Å².